The standard InChI is InChI=1S/C25H30N2O6/c1-23(2)32-19-13-24(26,21(28)30-15-17-9-5-3-6-10-17)25(27,14-20(19)33-23)22(29)31-16-18-11-7-4-8-12-18/h3-12,19-20H,13-16,26-27H2,1-2H3. The quantitative estimate of drug-likeness (QED) is 0.637. The molecule has 0 spiro atoms. The van der Waals surface area contributed by atoms with Gasteiger partial charge in [0.2, 0.25) is 0 Å². The molecule has 33 heavy (non-hydrogen) atoms. The summed E-state index contributed by atoms with van der Waals surface area (Å²) in [6.45, 7) is 3.54. The Balaban J connectivity index is 1.57. The highest BCUT2D eigenvalue weighted by Gasteiger charge is 2.66. The molecule has 4 N–H and O–H groups in total. The predicted molar refractivity (Wildman–Crippen MR) is 119 cm³/mol. The minimum Gasteiger partial charge on any atom is -0.459 e. The first kappa shape index (κ1) is 23.4. The van der Waals surface area contributed by atoms with Crippen LogP contribution in [0.15, 0.2) is 60.7 Å². The fourth-order valence-electron chi connectivity index (χ4n) is 4.49. The van der Waals surface area contributed by atoms with Gasteiger partial charge in [-0.05, 0) is 25.0 Å². The van der Waals surface area contributed by atoms with E-state index in [1.807, 2.05) is 60.7 Å². The molecule has 0 bridgehead atoms. The average molecular weight is 455 g/mol. The van der Waals surface area contributed by atoms with E-state index in [4.69, 9.17) is 30.4 Å². The number of carbonyl (C=O) groups excluding carboxylic acids is 2. The number of benzene rings is 2. The molecule has 0 radical (unpaired) electrons. The minimum atomic E-state index is -1.86. The van der Waals surface area contributed by atoms with Crippen LogP contribution in [-0.4, -0.2) is 41.0 Å². The summed E-state index contributed by atoms with van der Waals surface area (Å²) >= 11 is 0. The zero-order valence-corrected chi connectivity index (χ0v) is 18.9. The van der Waals surface area contributed by atoms with Crippen LogP contribution in [0.1, 0.15) is 37.8 Å². The van der Waals surface area contributed by atoms with Crippen LogP contribution >= 0.6 is 0 Å². The molecule has 1 aliphatic carbocycles. The molecule has 1 heterocycles. The third-order valence-electron chi connectivity index (χ3n) is 6.28. The molecule has 4 atom stereocenters. The summed E-state index contributed by atoms with van der Waals surface area (Å²) in [6, 6.07) is 18.4. The van der Waals surface area contributed by atoms with E-state index >= 15 is 0 Å². The summed E-state index contributed by atoms with van der Waals surface area (Å²) < 4.78 is 23.0. The maximum absolute atomic E-state index is 13.3. The fraction of sp³-hybridized carbons (Fsp3) is 0.440. The second kappa shape index (κ2) is 8.87. The predicted octanol–water partition coefficient (Wildman–Crippen LogP) is 2.18. The normalized spacial score (nSPS) is 30.3. The summed E-state index contributed by atoms with van der Waals surface area (Å²) in [4.78, 5) is 26.6. The number of fused-ring (bicyclic) bond motifs is 1. The number of carbonyl (C=O) groups is 2. The molecular weight excluding hydrogens is 424 g/mol. The van der Waals surface area contributed by atoms with Gasteiger partial charge in [-0.15, -0.1) is 0 Å². The highest BCUT2D eigenvalue weighted by molar-refractivity contribution is 5.95. The van der Waals surface area contributed by atoms with Crippen LogP contribution in [0.4, 0.5) is 0 Å². The lowest BCUT2D eigenvalue weighted by atomic mass is 9.65. The van der Waals surface area contributed by atoms with Gasteiger partial charge in [0, 0.05) is 12.8 Å². The van der Waals surface area contributed by atoms with E-state index in [0.717, 1.165) is 11.1 Å². The van der Waals surface area contributed by atoms with Gasteiger partial charge in [0.25, 0.3) is 0 Å². The summed E-state index contributed by atoms with van der Waals surface area (Å²) in [5.41, 5.74) is 11.1. The van der Waals surface area contributed by atoms with E-state index in [1.165, 1.54) is 0 Å². The van der Waals surface area contributed by atoms with Gasteiger partial charge in [-0.25, -0.2) is 9.59 Å². The van der Waals surface area contributed by atoms with Gasteiger partial charge in [0.15, 0.2) is 5.79 Å². The molecule has 2 aliphatic rings. The monoisotopic (exact) mass is 454 g/mol. The Hall–Kier alpha value is -2.78. The molecule has 8 heteroatoms. The molecule has 4 unspecified atom stereocenters. The molecule has 4 rings (SSSR count). The Labute approximate surface area is 193 Å². The first-order chi connectivity index (χ1) is 15.6. The molecule has 2 aromatic rings. The number of esters is 2. The van der Waals surface area contributed by atoms with Crippen LogP contribution in [-0.2, 0) is 41.8 Å². The van der Waals surface area contributed by atoms with E-state index < -0.39 is 41.0 Å². The molecule has 0 aromatic heterocycles. The van der Waals surface area contributed by atoms with Crippen molar-refractivity contribution in [3.63, 3.8) is 0 Å². The molecule has 1 saturated carbocycles. The zero-order valence-electron chi connectivity index (χ0n) is 18.9. The van der Waals surface area contributed by atoms with Gasteiger partial charge >= 0.3 is 11.9 Å². The molecule has 1 saturated heterocycles. The van der Waals surface area contributed by atoms with Gasteiger partial charge in [-0.2, -0.15) is 0 Å². The first-order valence-electron chi connectivity index (χ1n) is 11.0. The maximum Gasteiger partial charge on any atom is 0.329 e. The highest BCUT2D eigenvalue weighted by atomic mass is 16.8. The Morgan fingerprint density at radius 2 is 1.15 bits per heavy atom. The number of ether oxygens (including phenoxy) is 4. The van der Waals surface area contributed by atoms with Gasteiger partial charge in [-0.3, -0.25) is 0 Å². The Morgan fingerprint density at radius 1 is 0.788 bits per heavy atom. The molecule has 0 amide bonds. The van der Waals surface area contributed by atoms with Crippen molar-refractivity contribution in [3.05, 3.63) is 71.8 Å². The van der Waals surface area contributed by atoms with Crippen LogP contribution in [0.2, 0.25) is 0 Å². The van der Waals surface area contributed by atoms with Crippen LogP contribution in [0, 0.1) is 0 Å². The Morgan fingerprint density at radius 3 is 1.52 bits per heavy atom. The van der Waals surface area contributed by atoms with Crippen LogP contribution in [0.5, 0.6) is 0 Å². The topological polar surface area (TPSA) is 123 Å². The van der Waals surface area contributed by atoms with E-state index in [1.54, 1.807) is 13.8 Å². The minimum absolute atomic E-state index is 0.00467. The Kier molecular flexibility index (Phi) is 6.28. The van der Waals surface area contributed by atoms with Crippen molar-refractivity contribution >= 4 is 11.9 Å². The number of rotatable bonds is 6. The molecule has 2 fully saturated rings. The third kappa shape index (κ3) is 4.65. The zero-order chi connectivity index (χ0) is 23.7. The summed E-state index contributed by atoms with van der Waals surface area (Å²) in [5.74, 6) is -2.45. The third-order valence-corrected chi connectivity index (χ3v) is 6.28. The van der Waals surface area contributed by atoms with E-state index in [-0.39, 0.29) is 26.1 Å². The fourth-order valence-corrected chi connectivity index (χ4v) is 4.49. The van der Waals surface area contributed by atoms with E-state index in [2.05, 4.69) is 0 Å². The lowest BCUT2D eigenvalue weighted by Crippen LogP contribution is -2.78. The number of hydrogen-bond acceptors (Lipinski definition) is 8. The van der Waals surface area contributed by atoms with Gasteiger partial charge in [-0.1, -0.05) is 60.7 Å². The van der Waals surface area contributed by atoms with Crippen LogP contribution in [0.3, 0.4) is 0 Å². The van der Waals surface area contributed by atoms with Crippen molar-refractivity contribution < 1.29 is 28.5 Å². The molecular formula is C25H30N2O6. The largest absolute Gasteiger partial charge is 0.459 e. The number of hydrogen-bond donors (Lipinski definition) is 2. The number of nitrogens with two attached hydrogens (primary N) is 2. The average Bonchev–Trinajstić information content (AvgIpc) is 3.09. The second-order valence-corrected chi connectivity index (χ2v) is 9.19. The SMILES string of the molecule is CC1(C)OC2CC(N)(C(=O)OCc3ccccc3)C(N)(C(=O)OCc3ccccc3)CC2O1. The van der Waals surface area contributed by atoms with Crippen molar-refractivity contribution in [2.45, 2.75) is 69.0 Å². The second-order valence-electron chi connectivity index (χ2n) is 9.19. The summed E-state index contributed by atoms with van der Waals surface area (Å²) in [6.07, 6.45) is -1.09. The summed E-state index contributed by atoms with van der Waals surface area (Å²) in [5, 5.41) is 0. The van der Waals surface area contributed by atoms with Gasteiger partial charge in [0.05, 0.1) is 12.2 Å². The smallest absolute Gasteiger partial charge is 0.329 e. The van der Waals surface area contributed by atoms with Crippen molar-refractivity contribution in [1.29, 1.82) is 0 Å². The molecule has 1 aliphatic heterocycles. The van der Waals surface area contributed by atoms with Gasteiger partial charge in [0.1, 0.15) is 24.3 Å². The molecule has 8 nitrogen and oxygen atoms in total. The highest BCUT2D eigenvalue weighted by Crippen LogP contribution is 2.44. The van der Waals surface area contributed by atoms with Crippen LogP contribution < -0.4 is 11.5 Å². The lowest BCUT2D eigenvalue weighted by molar-refractivity contribution is -0.172. The van der Waals surface area contributed by atoms with Crippen molar-refractivity contribution in [2.24, 2.45) is 11.5 Å². The van der Waals surface area contributed by atoms with Crippen LogP contribution in [0.25, 0.3) is 0 Å². The van der Waals surface area contributed by atoms with E-state index in [0.29, 0.717) is 0 Å². The first-order valence-corrected chi connectivity index (χ1v) is 11.0. The van der Waals surface area contributed by atoms with Gasteiger partial charge < -0.3 is 30.4 Å². The molecule has 176 valence electrons. The molecule has 2 aromatic carbocycles. The Bertz CT molecular complexity index is 919. The summed E-state index contributed by atoms with van der Waals surface area (Å²) in [7, 11) is 0. The van der Waals surface area contributed by atoms with Crippen molar-refractivity contribution in [2.75, 3.05) is 0 Å². The maximum atomic E-state index is 13.3. The van der Waals surface area contributed by atoms with Crippen molar-refractivity contribution in [1.82, 2.24) is 0 Å². The van der Waals surface area contributed by atoms with Crippen molar-refractivity contribution in [3.8, 4) is 0 Å². The lowest BCUT2D eigenvalue weighted by Gasteiger charge is -2.47. The van der Waals surface area contributed by atoms with E-state index in [9.17, 15) is 9.59 Å².